The molecule has 3 heterocycles. The molecular formula is C27H33N3O3. The zero-order valence-electron chi connectivity index (χ0n) is 19.7. The number of aromatic nitrogens is 1. The van der Waals surface area contributed by atoms with Gasteiger partial charge in [0.25, 0.3) is 0 Å². The fourth-order valence-electron chi connectivity index (χ4n) is 6.21. The van der Waals surface area contributed by atoms with Crippen molar-refractivity contribution >= 4 is 16.9 Å². The second kappa shape index (κ2) is 8.50. The van der Waals surface area contributed by atoms with E-state index >= 15 is 0 Å². The molecule has 0 saturated carbocycles. The quantitative estimate of drug-likeness (QED) is 0.570. The van der Waals surface area contributed by atoms with E-state index in [9.17, 15) is 9.90 Å². The van der Waals surface area contributed by atoms with Crippen LogP contribution in [0.5, 0.6) is 5.75 Å². The van der Waals surface area contributed by atoms with Crippen LogP contribution in [0.1, 0.15) is 53.2 Å². The number of carboxylic acids is 1. The number of likely N-dealkylation sites (tertiary alicyclic amines) is 2. The van der Waals surface area contributed by atoms with Crippen molar-refractivity contribution in [3.8, 4) is 5.75 Å². The van der Waals surface area contributed by atoms with Crippen LogP contribution in [-0.2, 0) is 12.1 Å². The zero-order valence-corrected chi connectivity index (χ0v) is 19.7. The van der Waals surface area contributed by atoms with Gasteiger partial charge in [-0.1, -0.05) is 19.1 Å². The van der Waals surface area contributed by atoms with E-state index in [0.29, 0.717) is 11.6 Å². The minimum atomic E-state index is -0.877. The molecule has 2 saturated heterocycles. The summed E-state index contributed by atoms with van der Waals surface area (Å²) in [6, 6.07) is 12.5. The standard InChI is InChI=1S/C27H33N3O3/c1-4-29-14-11-27(20-7-5-19(6-8-20)26(31)32)16-21(29)10-13-30(27)17-23-22-9-12-28-25(22)18(2)15-24(23)33-3/h5-9,12,15,21,28H,4,10-11,13-14,16-17H2,1-3H3,(H,31,32)/t21-,27-/m1/s1. The van der Waals surface area contributed by atoms with Crippen LogP contribution < -0.4 is 4.74 Å². The van der Waals surface area contributed by atoms with Crippen molar-refractivity contribution in [1.82, 2.24) is 14.8 Å². The summed E-state index contributed by atoms with van der Waals surface area (Å²) in [6.45, 7) is 8.31. The summed E-state index contributed by atoms with van der Waals surface area (Å²) in [5.41, 5.74) is 5.03. The number of aryl methyl sites for hydroxylation is 1. The van der Waals surface area contributed by atoms with Crippen molar-refractivity contribution in [3.63, 3.8) is 0 Å². The molecule has 2 atom stereocenters. The van der Waals surface area contributed by atoms with Crippen LogP contribution in [0.2, 0.25) is 0 Å². The SMILES string of the molecule is CCN1CC[C@]2(c3ccc(C(=O)O)cc3)C[C@H]1CCN2Cc1c(OC)cc(C)c2[nH]ccc12. The summed E-state index contributed by atoms with van der Waals surface area (Å²) >= 11 is 0. The van der Waals surface area contributed by atoms with Crippen molar-refractivity contribution < 1.29 is 14.6 Å². The summed E-state index contributed by atoms with van der Waals surface area (Å²) in [5.74, 6) is 0.0570. The van der Waals surface area contributed by atoms with Crippen molar-refractivity contribution in [2.75, 3.05) is 26.7 Å². The Bertz CT molecular complexity index is 1170. The first-order valence-corrected chi connectivity index (χ1v) is 11.9. The van der Waals surface area contributed by atoms with Gasteiger partial charge in [-0.3, -0.25) is 4.90 Å². The predicted molar refractivity (Wildman–Crippen MR) is 130 cm³/mol. The number of hydrogen-bond acceptors (Lipinski definition) is 4. The number of aromatic amines is 1. The van der Waals surface area contributed by atoms with E-state index in [0.717, 1.165) is 51.2 Å². The highest BCUT2D eigenvalue weighted by Gasteiger charge is 2.48. The molecule has 2 aliphatic rings. The fourth-order valence-corrected chi connectivity index (χ4v) is 6.21. The normalized spacial score (nSPS) is 23.7. The smallest absolute Gasteiger partial charge is 0.335 e. The van der Waals surface area contributed by atoms with Gasteiger partial charge in [0.1, 0.15) is 5.75 Å². The molecule has 2 bridgehead atoms. The third kappa shape index (κ3) is 3.62. The Morgan fingerprint density at radius 3 is 2.73 bits per heavy atom. The molecular weight excluding hydrogens is 414 g/mol. The van der Waals surface area contributed by atoms with Gasteiger partial charge in [-0.25, -0.2) is 4.79 Å². The van der Waals surface area contributed by atoms with E-state index < -0.39 is 5.97 Å². The maximum absolute atomic E-state index is 11.5. The van der Waals surface area contributed by atoms with E-state index in [1.165, 1.54) is 27.6 Å². The number of hydrogen-bond donors (Lipinski definition) is 2. The molecule has 6 nitrogen and oxygen atoms in total. The Balaban J connectivity index is 1.58. The molecule has 2 fully saturated rings. The lowest BCUT2D eigenvalue weighted by Crippen LogP contribution is -2.61. The maximum Gasteiger partial charge on any atom is 0.335 e. The molecule has 2 N–H and O–H groups in total. The van der Waals surface area contributed by atoms with Crippen LogP contribution in [0.15, 0.2) is 42.6 Å². The van der Waals surface area contributed by atoms with Crippen molar-refractivity contribution in [1.29, 1.82) is 0 Å². The first-order valence-electron chi connectivity index (χ1n) is 11.9. The van der Waals surface area contributed by atoms with Gasteiger partial charge in [-0.2, -0.15) is 0 Å². The Morgan fingerprint density at radius 1 is 1.24 bits per heavy atom. The monoisotopic (exact) mass is 447 g/mol. The highest BCUT2D eigenvalue weighted by molar-refractivity contribution is 5.88. The van der Waals surface area contributed by atoms with Gasteiger partial charge in [-0.15, -0.1) is 0 Å². The predicted octanol–water partition coefficient (Wildman–Crippen LogP) is 4.77. The molecule has 2 aliphatic heterocycles. The molecule has 0 unspecified atom stereocenters. The van der Waals surface area contributed by atoms with Gasteiger partial charge < -0.3 is 19.7 Å². The van der Waals surface area contributed by atoms with E-state index in [1.807, 2.05) is 18.3 Å². The van der Waals surface area contributed by atoms with Gasteiger partial charge in [0, 0.05) is 53.9 Å². The minimum Gasteiger partial charge on any atom is -0.496 e. The Kier molecular flexibility index (Phi) is 5.67. The van der Waals surface area contributed by atoms with E-state index in [-0.39, 0.29) is 5.54 Å². The summed E-state index contributed by atoms with van der Waals surface area (Å²) in [4.78, 5) is 20.1. The molecule has 5 rings (SSSR count). The number of H-pyrrole nitrogens is 1. The van der Waals surface area contributed by atoms with Crippen molar-refractivity contribution in [3.05, 3.63) is 64.8 Å². The lowest BCUT2D eigenvalue weighted by atomic mass is 9.72. The topological polar surface area (TPSA) is 68.8 Å². The van der Waals surface area contributed by atoms with Crippen LogP contribution in [-0.4, -0.2) is 58.6 Å². The molecule has 0 spiro atoms. The number of methoxy groups -OCH3 is 1. The lowest BCUT2D eigenvalue weighted by molar-refractivity contribution is -0.0585. The molecule has 1 aromatic heterocycles. The average Bonchev–Trinajstić information content (AvgIpc) is 3.33. The van der Waals surface area contributed by atoms with E-state index in [2.05, 4.69) is 40.8 Å². The van der Waals surface area contributed by atoms with Crippen LogP contribution in [0.3, 0.4) is 0 Å². The zero-order chi connectivity index (χ0) is 23.2. The number of nitrogens with one attached hydrogen (secondary N) is 1. The fraction of sp³-hybridized carbons (Fsp3) is 0.444. The second-order valence-electron chi connectivity index (χ2n) is 9.50. The lowest BCUT2D eigenvalue weighted by Gasteiger charge is -2.56. The van der Waals surface area contributed by atoms with Crippen LogP contribution >= 0.6 is 0 Å². The Labute approximate surface area is 195 Å². The molecule has 174 valence electrons. The molecule has 0 amide bonds. The van der Waals surface area contributed by atoms with E-state index in [4.69, 9.17) is 4.74 Å². The van der Waals surface area contributed by atoms with Gasteiger partial charge in [0.2, 0.25) is 0 Å². The summed E-state index contributed by atoms with van der Waals surface area (Å²) in [7, 11) is 1.75. The van der Waals surface area contributed by atoms with Crippen LogP contribution in [0, 0.1) is 6.92 Å². The molecule has 6 heteroatoms. The molecule has 33 heavy (non-hydrogen) atoms. The van der Waals surface area contributed by atoms with E-state index in [1.54, 1.807) is 19.2 Å². The van der Waals surface area contributed by atoms with Gasteiger partial charge in [0.15, 0.2) is 0 Å². The molecule has 2 aromatic carbocycles. The number of benzene rings is 2. The van der Waals surface area contributed by atoms with Gasteiger partial charge in [0.05, 0.1) is 12.7 Å². The first-order chi connectivity index (χ1) is 16.0. The summed E-state index contributed by atoms with van der Waals surface area (Å²) < 4.78 is 5.85. The number of carboxylic acid groups (broad SMARTS) is 1. The third-order valence-corrected chi connectivity index (χ3v) is 8.00. The number of nitrogens with zero attached hydrogens (tertiary/aromatic N) is 2. The number of ether oxygens (including phenoxy) is 1. The van der Waals surface area contributed by atoms with Gasteiger partial charge >= 0.3 is 5.97 Å². The number of fused-ring (bicyclic) bond motifs is 3. The molecule has 0 aliphatic carbocycles. The summed E-state index contributed by atoms with van der Waals surface area (Å²) in [6.07, 6.45) is 5.26. The number of carbonyl (C=O) groups is 1. The average molecular weight is 448 g/mol. The number of rotatable bonds is 6. The largest absolute Gasteiger partial charge is 0.496 e. The van der Waals surface area contributed by atoms with Crippen LogP contribution in [0.4, 0.5) is 0 Å². The third-order valence-electron chi connectivity index (χ3n) is 8.00. The molecule has 0 radical (unpaired) electrons. The maximum atomic E-state index is 11.5. The van der Waals surface area contributed by atoms with Crippen molar-refractivity contribution in [2.45, 2.75) is 51.2 Å². The minimum absolute atomic E-state index is 0.107. The van der Waals surface area contributed by atoms with Crippen molar-refractivity contribution in [2.24, 2.45) is 0 Å². The number of piperidine rings is 2. The number of aromatic carboxylic acids is 1. The van der Waals surface area contributed by atoms with Gasteiger partial charge in [-0.05, 0) is 68.1 Å². The molecule has 3 aromatic rings. The Morgan fingerprint density at radius 2 is 2.03 bits per heavy atom. The Hall–Kier alpha value is -2.83. The highest BCUT2D eigenvalue weighted by Crippen LogP contribution is 2.47. The second-order valence-corrected chi connectivity index (χ2v) is 9.50. The highest BCUT2D eigenvalue weighted by atomic mass is 16.5. The van der Waals surface area contributed by atoms with Crippen LogP contribution in [0.25, 0.3) is 10.9 Å². The summed E-state index contributed by atoms with van der Waals surface area (Å²) in [5, 5.41) is 10.6. The first kappa shape index (κ1) is 22.0.